The second-order valence-electron chi connectivity index (χ2n) is 7.62. The van der Waals surface area contributed by atoms with Gasteiger partial charge in [0.05, 0.1) is 23.9 Å². The highest BCUT2D eigenvalue weighted by Crippen LogP contribution is 2.24. The maximum absolute atomic E-state index is 13.4. The maximum atomic E-state index is 13.4. The second kappa shape index (κ2) is 9.80. The second-order valence-corrected chi connectivity index (χ2v) is 7.62. The van der Waals surface area contributed by atoms with E-state index < -0.39 is 12.0 Å². The summed E-state index contributed by atoms with van der Waals surface area (Å²) in [7, 11) is 1.56. The van der Waals surface area contributed by atoms with Gasteiger partial charge >= 0.3 is 5.97 Å². The number of hydrogen-bond acceptors (Lipinski definition) is 7. The molecule has 1 atom stereocenters. The zero-order valence-electron chi connectivity index (χ0n) is 18.2. The number of amides is 2. The minimum absolute atomic E-state index is 0.0825. The van der Waals surface area contributed by atoms with Gasteiger partial charge in [-0.2, -0.15) is 0 Å². The summed E-state index contributed by atoms with van der Waals surface area (Å²) in [4.78, 5) is 49.4. The number of piperazine rings is 1. The number of aromatic nitrogens is 2. The van der Waals surface area contributed by atoms with E-state index in [4.69, 9.17) is 4.84 Å². The Morgan fingerprint density at radius 3 is 2.64 bits per heavy atom. The molecule has 10 heteroatoms. The lowest BCUT2D eigenvalue weighted by molar-refractivity contribution is -0.164. The highest BCUT2D eigenvalue weighted by molar-refractivity contribution is 5.98. The molecule has 1 saturated heterocycles. The quantitative estimate of drug-likeness (QED) is 0.555. The molecule has 1 unspecified atom stereocenters. The summed E-state index contributed by atoms with van der Waals surface area (Å²) in [6, 6.07) is 11.2. The number of imidazole rings is 1. The van der Waals surface area contributed by atoms with Crippen LogP contribution in [0.2, 0.25) is 0 Å². The topological polar surface area (TPSA) is 116 Å². The molecule has 4 rings (SSSR count). The lowest BCUT2D eigenvalue weighted by Crippen LogP contribution is -2.57. The van der Waals surface area contributed by atoms with Gasteiger partial charge in [-0.1, -0.05) is 18.2 Å². The van der Waals surface area contributed by atoms with Crippen LogP contribution < -0.4 is 10.2 Å². The van der Waals surface area contributed by atoms with Crippen LogP contribution in [0.15, 0.2) is 54.9 Å². The summed E-state index contributed by atoms with van der Waals surface area (Å²) >= 11 is 0. The van der Waals surface area contributed by atoms with E-state index in [9.17, 15) is 19.5 Å². The van der Waals surface area contributed by atoms with E-state index in [1.165, 1.54) is 5.06 Å². The van der Waals surface area contributed by atoms with Crippen molar-refractivity contribution in [3.8, 4) is 0 Å². The molecule has 0 radical (unpaired) electrons. The molecule has 2 aromatic heterocycles. The number of nitrogens with one attached hydrogen (secondary N) is 1. The number of fused-ring (bicyclic) bond motifs is 1. The van der Waals surface area contributed by atoms with Crippen LogP contribution in [-0.2, 0) is 9.63 Å². The summed E-state index contributed by atoms with van der Waals surface area (Å²) in [5.41, 5.74) is 1.45. The van der Waals surface area contributed by atoms with Crippen molar-refractivity contribution in [3.05, 3.63) is 66.0 Å². The first-order valence-corrected chi connectivity index (χ1v) is 10.7. The Hall–Kier alpha value is -3.76. The first kappa shape index (κ1) is 22.4. The average Bonchev–Trinajstić information content (AvgIpc) is 3.26. The first-order chi connectivity index (χ1) is 16.0. The smallest absolute Gasteiger partial charge is 0.357 e. The molecular formula is C23H25N5O5. The van der Waals surface area contributed by atoms with Crippen LogP contribution in [0.1, 0.15) is 33.6 Å². The van der Waals surface area contributed by atoms with Crippen LogP contribution >= 0.6 is 0 Å². The maximum Gasteiger partial charge on any atom is 0.357 e. The van der Waals surface area contributed by atoms with Gasteiger partial charge in [0.15, 0.2) is 5.82 Å². The van der Waals surface area contributed by atoms with Gasteiger partial charge in [0, 0.05) is 26.4 Å². The molecular weight excluding hydrogens is 426 g/mol. The third-order valence-electron chi connectivity index (χ3n) is 5.49. The standard InChI is InChI=1S/C23H25N5O5/c1-24-21(30)17-9-10-19-25-20(15-26(19)14-17)27-11-12-28(18(22(27)31)8-5-13-29)33-23(32)16-6-3-2-4-7-16/h2-4,6-7,9-10,14-15,18,29H,5,8,11-13H2,1H3,(H,24,30). The molecule has 0 bridgehead atoms. The molecule has 10 nitrogen and oxygen atoms in total. The number of benzene rings is 1. The van der Waals surface area contributed by atoms with E-state index in [-0.39, 0.29) is 31.5 Å². The Balaban J connectivity index is 1.55. The Morgan fingerprint density at radius 1 is 1.12 bits per heavy atom. The van der Waals surface area contributed by atoms with Gasteiger partial charge in [-0.3, -0.25) is 14.5 Å². The molecule has 2 N–H and O–H groups in total. The van der Waals surface area contributed by atoms with Gasteiger partial charge in [0.1, 0.15) is 11.7 Å². The third-order valence-corrected chi connectivity index (χ3v) is 5.49. The van der Waals surface area contributed by atoms with Crippen LogP contribution in [-0.4, -0.2) is 70.1 Å². The molecule has 0 saturated carbocycles. The van der Waals surface area contributed by atoms with E-state index in [1.807, 2.05) is 0 Å². The SMILES string of the molecule is CNC(=O)c1ccc2nc(N3CCN(OC(=O)c4ccccc4)C(CCCO)C3=O)cn2c1. The zero-order valence-corrected chi connectivity index (χ0v) is 18.2. The van der Waals surface area contributed by atoms with Crippen LogP contribution in [0.4, 0.5) is 5.82 Å². The fraction of sp³-hybridized carbons (Fsp3) is 0.304. The lowest BCUT2D eigenvalue weighted by Gasteiger charge is -2.38. The Kier molecular flexibility index (Phi) is 6.66. The molecule has 1 aromatic carbocycles. The molecule has 172 valence electrons. The number of carbonyl (C=O) groups excluding carboxylic acids is 3. The molecule has 0 spiro atoms. The van der Waals surface area contributed by atoms with E-state index in [0.717, 1.165) is 0 Å². The van der Waals surface area contributed by atoms with Crippen LogP contribution in [0.25, 0.3) is 5.65 Å². The lowest BCUT2D eigenvalue weighted by atomic mass is 10.1. The van der Waals surface area contributed by atoms with Crippen molar-refractivity contribution in [1.29, 1.82) is 0 Å². The number of aliphatic hydroxyl groups is 1. The fourth-order valence-corrected chi connectivity index (χ4v) is 3.78. The van der Waals surface area contributed by atoms with Crippen molar-refractivity contribution in [2.75, 3.05) is 31.6 Å². The highest BCUT2D eigenvalue weighted by atomic mass is 16.7. The first-order valence-electron chi connectivity index (χ1n) is 10.7. The monoisotopic (exact) mass is 451 g/mol. The van der Waals surface area contributed by atoms with E-state index >= 15 is 0 Å². The average molecular weight is 451 g/mol. The van der Waals surface area contributed by atoms with Crippen molar-refractivity contribution in [1.82, 2.24) is 19.8 Å². The largest absolute Gasteiger partial charge is 0.396 e. The van der Waals surface area contributed by atoms with Gasteiger partial charge in [-0.05, 0) is 37.1 Å². The van der Waals surface area contributed by atoms with Crippen molar-refractivity contribution in [2.24, 2.45) is 0 Å². The summed E-state index contributed by atoms with van der Waals surface area (Å²) in [6.45, 7) is 0.474. The zero-order chi connectivity index (χ0) is 23.4. The Morgan fingerprint density at radius 2 is 1.91 bits per heavy atom. The number of hydrogen-bond donors (Lipinski definition) is 2. The summed E-state index contributed by atoms with van der Waals surface area (Å²) in [5.74, 6) is -0.593. The van der Waals surface area contributed by atoms with Crippen molar-refractivity contribution >= 4 is 29.2 Å². The van der Waals surface area contributed by atoms with Crippen molar-refractivity contribution in [2.45, 2.75) is 18.9 Å². The number of aliphatic hydroxyl groups excluding tert-OH is 1. The van der Waals surface area contributed by atoms with Gasteiger partial charge in [0.2, 0.25) is 5.91 Å². The summed E-state index contributed by atoms with van der Waals surface area (Å²) in [6.07, 6.45) is 4.04. The Labute approximate surface area is 190 Å². The molecule has 3 heterocycles. The van der Waals surface area contributed by atoms with Gasteiger partial charge in [0.25, 0.3) is 5.91 Å². The van der Waals surface area contributed by atoms with Crippen LogP contribution in [0, 0.1) is 0 Å². The molecule has 3 aromatic rings. The van der Waals surface area contributed by atoms with Crippen molar-refractivity contribution < 1.29 is 24.3 Å². The fourth-order valence-electron chi connectivity index (χ4n) is 3.78. The van der Waals surface area contributed by atoms with Gasteiger partial charge < -0.3 is 19.7 Å². The van der Waals surface area contributed by atoms with Gasteiger partial charge in [-0.25, -0.2) is 9.78 Å². The summed E-state index contributed by atoms with van der Waals surface area (Å²) < 4.78 is 1.69. The van der Waals surface area contributed by atoms with Crippen LogP contribution in [0.5, 0.6) is 0 Å². The number of anilines is 1. The summed E-state index contributed by atoms with van der Waals surface area (Å²) in [5, 5.41) is 13.3. The number of pyridine rings is 1. The molecule has 2 amide bonds. The van der Waals surface area contributed by atoms with E-state index in [0.29, 0.717) is 35.4 Å². The van der Waals surface area contributed by atoms with Crippen molar-refractivity contribution in [3.63, 3.8) is 0 Å². The molecule has 1 fully saturated rings. The predicted octanol–water partition coefficient (Wildman–Crippen LogP) is 1.26. The van der Waals surface area contributed by atoms with E-state index in [2.05, 4.69) is 10.3 Å². The number of hydroxylamine groups is 2. The molecule has 33 heavy (non-hydrogen) atoms. The third kappa shape index (κ3) is 4.71. The Bertz CT molecular complexity index is 1160. The molecule has 1 aliphatic heterocycles. The predicted molar refractivity (Wildman–Crippen MR) is 120 cm³/mol. The minimum atomic E-state index is -0.746. The van der Waals surface area contributed by atoms with Crippen LogP contribution in [0.3, 0.4) is 0 Å². The van der Waals surface area contributed by atoms with E-state index in [1.54, 1.807) is 71.2 Å². The minimum Gasteiger partial charge on any atom is -0.396 e. The highest BCUT2D eigenvalue weighted by Gasteiger charge is 2.38. The number of nitrogens with zero attached hydrogens (tertiary/aromatic N) is 4. The normalized spacial score (nSPS) is 16.7. The molecule has 0 aliphatic carbocycles. The van der Waals surface area contributed by atoms with Gasteiger partial charge in [-0.15, -0.1) is 5.06 Å². The molecule has 1 aliphatic rings. The number of carbonyl (C=O) groups is 3. The number of rotatable bonds is 7.